The van der Waals surface area contributed by atoms with Gasteiger partial charge in [-0.15, -0.1) is 6.58 Å². The van der Waals surface area contributed by atoms with Gasteiger partial charge in [0.1, 0.15) is 0 Å². The van der Waals surface area contributed by atoms with E-state index in [0.717, 1.165) is 17.8 Å². The molecule has 1 fully saturated rings. The van der Waals surface area contributed by atoms with Crippen LogP contribution >= 0.6 is 0 Å². The van der Waals surface area contributed by atoms with Gasteiger partial charge in [0.15, 0.2) is 0 Å². The lowest BCUT2D eigenvalue weighted by Crippen LogP contribution is -2.35. The summed E-state index contributed by atoms with van der Waals surface area (Å²) in [5.41, 5.74) is 1.35. The smallest absolute Gasteiger partial charge is 0.00104 e. The SMILES string of the molecule is C=C(C)CCC1CC(C)CCC1CNC(C)C. The molecule has 1 heteroatoms. The maximum atomic E-state index is 4.04. The van der Waals surface area contributed by atoms with Crippen LogP contribution in [0.4, 0.5) is 0 Å². The fraction of sp³-hybridized carbons (Fsp3) is 0.875. The molecule has 0 heterocycles. The molecular weight excluding hydrogens is 206 g/mol. The highest BCUT2D eigenvalue weighted by Crippen LogP contribution is 2.36. The van der Waals surface area contributed by atoms with Crippen LogP contribution in [0.3, 0.4) is 0 Å². The van der Waals surface area contributed by atoms with Crippen LogP contribution in [0.25, 0.3) is 0 Å². The zero-order valence-corrected chi connectivity index (χ0v) is 12.3. The molecule has 1 rings (SSSR count). The van der Waals surface area contributed by atoms with Crippen molar-refractivity contribution in [2.24, 2.45) is 17.8 Å². The maximum Gasteiger partial charge on any atom is 0.00104 e. The molecule has 0 aliphatic heterocycles. The second-order valence-electron chi connectivity index (χ2n) is 6.50. The molecule has 1 nitrogen and oxygen atoms in total. The van der Waals surface area contributed by atoms with Crippen molar-refractivity contribution in [3.63, 3.8) is 0 Å². The average Bonchev–Trinajstić information content (AvgIpc) is 2.24. The fourth-order valence-electron chi connectivity index (χ4n) is 3.00. The van der Waals surface area contributed by atoms with Crippen LogP contribution in [0.5, 0.6) is 0 Å². The maximum absolute atomic E-state index is 4.04. The van der Waals surface area contributed by atoms with Gasteiger partial charge in [-0.3, -0.25) is 0 Å². The Hall–Kier alpha value is -0.300. The van der Waals surface area contributed by atoms with E-state index < -0.39 is 0 Å². The van der Waals surface area contributed by atoms with Crippen molar-refractivity contribution in [3.05, 3.63) is 12.2 Å². The summed E-state index contributed by atoms with van der Waals surface area (Å²) in [6, 6.07) is 0.621. The zero-order chi connectivity index (χ0) is 12.8. The van der Waals surface area contributed by atoms with Gasteiger partial charge in [0.25, 0.3) is 0 Å². The zero-order valence-electron chi connectivity index (χ0n) is 12.3. The van der Waals surface area contributed by atoms with Gasteiger partial charge in [-0.1, -0.05) is 32.8 Å². The van der Waals surface area contributed by atoms with Crippen molar-refractivity contribution < 1.29 is 0 Å². The minimum absolute atomic E-state index is 0.621. The van der Waals surface area contributed by atoms with Crippen molar-refractivity contribution in [2.45, 2.75) is 65.8 Å². The van der Waals surface area contributed by atoms with Gasteiger partial charge in [-0.2, -0.15) is 0 Å². The molecule has 0 bridgehead atoms. The lowest BCUT2D eigenvalue weighted by atomic mass is 9.72. The largest absolute Gasteiger partial charge is 0.314 e. The lowest BCUT2D eigenvalue weighted by Gasteiger charge is -2.35. The molecular formula is C16H31N. The number of rotatable bonds is 6. The summed E-state index contributed by atoms with van der Waals surface area (Å²) in [6.45, 7) is 14.3. The molecule has 1 aliphatic carbocycles. The van der Waals surface area contributed by atoms with E-state index in [-0.39, 0.29) is 0 Å². The van der Waals surface area contributed by atoms with Crippen molar-refractivity contribution in [1.29, 1.82) is 0 Å². The molecule has 1 N–H and O–H groups in total. The van der Waals surface area contributed by atoms with Crippen molar-refractivity contribution in [3.8, 4) is 0 Å². The normalized spacial score (nSPS) is 29.6. The van der Waals surface area contributed by atoms with Crippen LogP contribution < -0.4 is 5.32 Å². The second kappa shape index (κ2) is 7.20. The number of nitrogens with one attached hydrogen (secondary N) is 1. The standard InChI is InChI=1S/C16H31N/c1-12(2)6-8-15-10-14(5)7-9-16(15)11-17-13(3)4/h13-17H,1,6-11H2,2-5H3. The van der Waals surface area contributed by atoms with E-state index in [1.165, 1.54) is 44.2 Å². The van der Waals surface area contributed by atoms with Gasteiger partial charge in [0.05, 0.1) is 0 Å². The van der Waals surface area contributed by atoms with E-state index in [2.05, 4.69) is 39.6 Å². The van der Waals surface area contributed by atoms with E-state index in [0.29, 0.717) is 6.04 Å². The van der Waals surface area contributed by atoms with E-state index in [1.54, 1.807) is 0 Å². The van der Waals surface area contributed by atoms with Crippen molar-refractivity contribution >= 4 is 0 Å². The Bertz CT molecular complexity index is 232. The molecule has 1 aliphatic rings. The van der Waals surface area contributed by atoms with Crippen LogP contribution in [0, 0.1) is 17.8 Å². The Morgan fingerprint density at radius 1 is 1.29 bits per heavy atom. The Morgan fingerprint density at radius 3 is 2.59 bits per heavy atom. The first kappa shape index (κ1) is 14.8. The Morgan fingerprint density at radius 2 is 2.00 bits per heavy atom. The summed E-state index contributed by atoms with van der Waals surface area (Å²) in [6.07, 6.45) is 6.84. The first-order chi connectivity index (χ1) is 7.99. The van der Waals surface area contributed by atoms with Gasteiger partial charge in [0, 0.05) is 6.04 Å². The third-order valence-corrected chi connectivity index (χ3v) is 4.13. The molecule has 3 unspecified atom stereocenters. The third-order valence-electron chi connectivity index (χ3n) is 4.13. The first-order valence-electron chi connectivity index (χ1n) is 7.36. The number of hydrogen-bond acceptors (Lipinski definition) is 1. The summed E-state index contributed by atoms with van der Waals surface area (Å²) in [7, 11) is 0. The molecule has 3 atom stereocenters. The van der Waals surface area contributed by atoms with E-state index >= 15 is 0 Å². The van der Waals surface area contributed by atoms with E-state index in [4.69, 9.17) is 0 Å². The molecule has 0 aromatic carbocycles. The minimum Gasteiger partial charge on any atom is -0.314 e. The van der Waals surface area contributed by atoms with Gasteiger partial charge in [-0.05, 0) is 56.9 Å². The molecule has 0 radical (unpaired) electrons. The summed E-state index contributed by atoms with van der Waals surface area (Å²) in [5.74, 6) is 2.75. The summed E-state index contributed by atoms with van der Waals surface area (Å²) in [5, 5.41) is 3.63. The number of hydrogen-bond donors (Lipinski definition) is 1. The summed E-state index contributed by atoms with van der Waals surface area (Å²) >= 11 is 0. The lowest BCUT2D eigenvalue weighted by molar-refractivity contribution is 0.172. The predicted octanol–water partition coefficient (Wildman–Crippen LogP) is 4.39. The van der Waals surface area contributed by atoms with Gasteiger partial charge < -0.3 is 5.32 Å². The van der Waals surface area contributed by atoms with Gasteiger partial charge >= 0.3 is 0 Å². The van der Waals surface area contributed by atoms with Crippen LogP contribution in [0.15, 0.2) is 12.2 Å². The van der Waals surface area contributed by atoms with Crippen LogP contribution in [0.2, 0.25) is 0 Å². The minimum atomic E-state index is 0.621. The summed E-state index contributed by atoms with van der Waals surface area (Å²) in [4.78, 5) is 0. The molecule has 0 spiro atoms. The monoisotopic (exact) mass is 237 g/mol. The van der Waals surface area contributed by atoms with Crippen molar-refractivity contribution in [2.75, 3.05) is 6.54 Å². The molecule has 0 saturated heterocycles. The third kappa shape index (κ3) is 5.72. The molecule has 0 aromatic rings. The first-order valence-corrected chi connectivity index (χ1v) is 7.36. The Labute approximate surface area is 108 Å². The van der Waals surface area contributed by atoms with Crippen molar-refractivity contribution in [1.82, 2.24) is 5.32 Å². The van der Waals surface area contributed by atoms with E-state index in [1.807, 2.05) is 0 Å². The molecule has 1 saturated carbocycles. The fourth-order valence-corrected chi connectivity index (χ4v) is 3.00. The highest BCUT2D eigenvalue weighted by atomic mass is 14.9. The highest BCUT2D eigenvalue weighted by Gasteiger charge is 2.27. The Kier molecular flexibility index (Phi) is 6.26. The summed E-state index contributed by atoms with van der Waals surface area (Å²) < 4.78 is 0. The Balaban J connectivity index is 2.43. The number of allylic oxidation sites excluding steroid dienone is 1. The van der Waals surface area contributed by atoms with Crippen LogP contribution in [-0.4, -0.2) is 12.6 Å². The van der Waals surface area contributed by atoms with Gasteiger partial charge in [0.2, 0.25) is 0 Å². The highest BCUT2D eigenvalue weighted by molar-refractivity contribution is 4.90. The quantitative estimate of drug-likeness (QED) is 0.675. The predicted molar refractivity (Wildman–Crippen MR) is 77.2 cm³/mol. The second-order valence-corrected chi connectivity index (χ2v) is 6.50. The van der Waals surface area contributed by atoms with Gasteiger partial charge in [-0.25, -0.2) is 0 Å². The molecule has 0 amide bonds. The topological polar surface area (TPSA) is 12.0 Å². The average molecular weight is 237 g/mol. The van der Waals surface area contributed by atoms with Crippen LogP contribution in [0.1, 0.15) is 59.8 Å². The molecule has 100 valence electrons. The molecule has 17 heavy (non-hydrogen) atoms. The van der Waals surface area contributed by atoms with Crippen LogP contribution in [-0.2, 0) is 0 Å². The molecule has 0 aromatic heterocycles. The van der Waals surface area contributed by atoms with E-state index in [9.17, 15) is 0 Å².